The van der Waals surface area contributed by atoms with Crippen molar-refractivity contribution in [3.05, 3.63) is 34.3 Å². The first-order valence-corrected chi connectivity index (χ1v) is 11.2. The smallest absolute Gasteiger partial charge is 0.315 e. The summed E-state index contributed by atoms with van der Waals surface area (Å²) in [6.07, 6.45) is 10.6. The predicted octanol–water partition coefficient (Wildman–Crippen LogP) is 4.33. The van der Waals surface area contributed by atoms with Gasteiger partial charge in [0.05, 0.1) is 12.5 Å². The van der Waals surface area contributed by atoms with Crippen LogP contribution in [0.3, 0.4) is 0 Å². The standard InChI is InChI=1S/C24H33NO4/c1-3-28-24(27)19-13-18-20(10-8-14(2)22(19)25)29-21-11-9-16(12-17(21)23(18)26)15-6-4-5-7-15/h9,15,17,19,21H,3-8,10-13,25H2,1-2H3/b22-14-/t17-,19-,21+/m0/s1. The van der Waals surface area contributed by atoms with E-state index in [1.165, 1.54) is 31.3 Å². The highest BCUT2D eigenvalue weighted by Gasteiger charge is 2.43. The number of nitrogens with two attached hydrogens (primary N) is 1. The van der Waals surface area contributed by atoms with Gasteiger partial charge in [0.2, 0.25) is 0 Å². The van der Waals surface area contributed by atoms with E-state index in [9.17, 15) is 9.59 Å². The summed E-state index contributed by atoms with van der Waals surface area (Å²) in [6, 6.07) is 0. The Kier molecular flexibility index (Phi) is 5.84. The number of Topliss-reactive ketones (excluding diaryl/α,β-unsaturated/α-hetero) is 1. The molecule has 0 spiro atoms. The van der Waals surface area contributed by atoms with E-state index in [-0.39, 0.29) is 23.8 Å². The van der Waals surface area contributed by atoms with Crippen molar-refractivity contribution in [3.63, 3.8) is 0 Å². The van der Waals surface area contributed by atoms with E-state index in [4.69, 9.17) is 15.2 Å². The molecule has 4 rings (SSSR count). The molecule has 5 nitrogen and oxygen atoms in total. The Morgan fingerprint density at radius 3 is 2.72 bits per heavy atom. The zero-order chi connectivity index (χ0) is 20.5. The minimum absolute atomic E-state index is 0.0616. The van der Waals surface area contributed by atoms with Crippen molar-refractivity contribution in [2.24, 2.45) is 23.5 Å². The van der Waals surface area contributed by atoms with Crippen LogP contribution in [0.5, 0.6) is 0 Å². The number of esters is 1. The Morgan fingerprint density at radius 1 is 1.24 bits per heavy atom. The second kappa shape index (κ2) is 8.37. The molecule has 2 N–H and O–H groups in total. The quantitative estimate of drug-likeness (QED) is 0.564. The van der Waals surface area contributed by atoms with Gasteiger partial charge in [0.1, 0.15) is 17.8 Å². The van der Waals surface area contributed by atoms with Gasteiger partial charge in [-0.2, -0.15) is 0 Å². The maximum atomic E-state index is 13.6. The number of carbonyl (C=O) groups is 2. The maximum absolute atomic E-state index is 13.6. The third-order valence-corrected chi connectivity index (χ3v) is 7.24. The lowest BCUT2D eigenvalue weighted by Gasteiger charge is -2.39. The summed E-state index contributed by atoms with van der Waals surface area (Å²) in [5.74, 6) is 0.519. The van der Waals surface area contributed by atoms with Crippen molar-refractivity contribution in [2.45, 2.75) is 77.7 Å². The lowest BCUT2D eigenvalue weighted by Crippen LogP contribution is -2.41. The van der Waals surface area contributed by atoms with Gasteiger partial charge < -0.3 is 15.2 Å². The van der Waals surface area contributed by atoms with Crippen molar-refractivity contribution in [3.8, 4) is 0 Å². The summed E-state index contributed by atoms with van der Waals surface area (Å²) in [5.41, 5.74) is 9.99. The molecule has 1 heterocycles. The Labute approximate surface area is 173 Å². The van der Waals surface area contributed by atoms with Crippen molar-refractivity contribution in [1.29, 1.82) is 0 Å². The topological polar surface area (TPSA) is 78.6 Å². The number of ether oxygens (including phenoxy) is 2. The second-order valence-corrected chi connectivity index (χ2v) is 8.97. The number of hydrogen-bond acceptors (Lipinski definition) is 5. The van der Waals surface area contributed by atoms with Crippen molar-refractivity contribution in [1.82, 2.24) is 0 Å². The molecule has 5 heteroatoms. The van der Waals surface area contributed by atoms with Crippen LogP contribution in [0.4, 0.5) is 0 Å². The Hall–Kier alpha value is -2.04. The third kappa shape index (κ3) is 3.88. The summed E-state index contributed by atoms with van der Waals surface area (Å²) in [7, 11) is 0. The van der Waals surface area contributed by atoms with E-state index in [0.717, 1.165) is 24.2 Å². The van der Waals surface area contributed by atoms with E-state index < -0.39 is 5.92 Å². The first kappa shape index (κ1) is 20.2. The molecule has 0 radical (unpaired) electrons. The SMILES string of the molecule is CCOC(=O)[C@H]1CC2=C(CC/C(C)=C/1N)O[C@@H]1CC=C(C3CCCC3)C[C@@H]1C2=O. The van der Waals surface area contributed by atoms with Gasteiger partial charge in [-0.05, 0) is 51.9 Å². The molecule has 3 atom stereocenters. The highest BCUT2D eigenvalue weighted by Crippen LogP contribution is 2.44. The lowest BCUT2D eigenvalue weighted by atomic mass is 9.73. The highest BCUT2D eigenvalue weighted by atomic mass is 16.5. The van der Waals surface area contributed by atoms with Crippen LogP contribution in [0.15, 0.2) is 34.3 Å². The Morgan fingerprint density at radius 2 is 2.00 bits per heavy atom. The molecular weight excluding hydrogens is 366 g/mol. The van der Waals surface area contributed by atoms with Crippen LogP contribution in [-0.4, -0.2) is 24.5 Å². The van der Waals surface area contributed by atoms with Crippen LogP contribution in [-0.2, 0) is 19.1 Å². The minimum atomic E-state index is -0.599. The molecule has 0 aromatic rings. The fraction of sp³-hybridized carbons (Fsp3) is 0.667. The normalized spacial score (nSPS) is 33.2. The molecule has 29 heavy (non-hydrogen) atoms. The Bertz CT molecular complexity index is 785. The number of ketones is 1. The summed E-state index contributed by atoms with van der Waals surface area (Å²) in [5, 5.41) is 0. The van der Waals surface area contributed by atoms with Gasteiger partial charge in [0, 0.05) is 24.1 Å². The fourth-order valence-electron chi connectivity index (χ4n) is 5.47. The average Bonchev–Trinajstić information content (AvgIpc) is 3.25. The molecule has 1 fully saturated rings. The van der Waals surface area contributed by atoms with Crippen molar-refractivity contribution < 1.29 is 19.1 Å². The van der Waals surface area contributed by atoms with Crippen LogP contribution in [0.1, 0.15) is 71.6 Å². The number of allylic oxidation sites excluding steroid dienone is 4. The zero-order valence-corrected chi connectivity index (χ0v) is 17.7. The predicted molar refractivity (Wildman–Crippen MR) is 111 cm³/mol. The zero-order valence-electron chi connectivity index (χ0n) is 17.7. The molecule has 0 aromatic heterocycles. The molecule has 0 saturated heterocycles. The second-order valence-electron chi connectivity index (χ2n) is 8.97. The number of carbonyl (C=O) groups excluding carboxylic acids is 2. The van der Waals surface area contributed by atoms with E-state index in [1.54, 1.807) is 6.92 Å². The molecule has 0 amide bonds. The fourth-order valence-corrected chi connectivity index (χ4v) is 5.47. The summed E-state index contributed by atoms with van der Waals surface area (Å²) >= 11 is 0. The molecule has 4 aliphatic rings. The maximum Gasteiger partial charge on any atom is 0.315 e. The molecule has 1 aliphatic heterocycles. The summed E-state index contributed by atoms with van der Waals surface area (Å²) < 4.78 is 11.6. The highest BCUT2D eigenvalue weighted by molar-refractivity contribution is 6.00. The van der Waals surface area contributed by atoms with E-state index in [2.05, 4.69) is 6.08 Å². The number of rotatable bonds is 3. The molecule has 0 bridgehead atoms. The monoisotopic (exact) mass is 399 g/mol. The van der Waals surface area contributed by atoms with Crippen LogP contribution in [0.2, 0.25) is 0 Å². The minimum Gasteiger partial charge on any atom is -0.493 e. The van der Waals surface area contributed by atoms with Gasteiger partial charge in [-0.15, -0.1) is 0 Å². The molecular formula is C24H33NO4. The molecule has 3 aliphatic carbocycles. The van der Waals surface area contributed by atoms with Gasteiger partial charge in [-0.25, -0.2) is 0 Å². The molecule has 158 valence electrons. The first-order valence-electron chi connectivity index (χ1n) is 11.2. The number of fused-ring (bicyclic) bond motifs is 1. The third-order valence-electron chi connectivity index (χ3n) is 7.24. The average molecular weight is 400 g/mol. The van der Waals surface area contributed by atoms with Crippen LogP contribution < -0.4 is 5.73 Å². The van der Waals surface area contributed by atoms with Gasteiger partial charge in [0.15, 0.2) is 5.78 Å². The van der Waals surface area contributed by atoms with E-state index >= 15 is 0 Å². The first-order chi connectivity index (χ1) is 14.0. The summed E-state index contributed by atoms with van der Waals surface area (Å²) in [6.45, 7) is 4.05. The van der Waals surface area contributed by atoms with Gasteiger partial charge in [-0.3, -0.25) is 9.59 Å². The van der Waals surface area contributed by atoms with Crippen LogP contribution in [0, 0.1) is 17.8 Å². The van der Waals surface area contributed by atoms with Crippen LogP contribution in [0.25, 0.3) is 0 Å². The number of hydrogen-bond donors (Lipinski definition) is 1. The lowest BCUT2D eigenvalue weighted by molar-refractivity contribution is -0.146. The molecule has 1 saturated carbocycles. The van der Waals surface area contributed by atoms with Crippen molar-refractivity contribution >= 4 is 11.8 Å². The van der Waals surface area contributed by atoms with Gasteiger partial charge in [0.25, 0.3) is 0 Å². The van der Waals surface area contributed by atoms with E-state index in [0.29, 0.717) is 43.1 Å². The van der Waals surface area contributed by atoms with E-state index in [1.807, 2.05) is 6.92 Å². The van der Waals surface area contributed by atoms with Gasteiger partial charge >= 0.3 is 5.97 Å². The van der Waals surface area contributed by atoms with Gasteiger partial charge in [-0.1, -0.05) is 30.1 Å². The summed E-state index contributed by atoms with van der Waals surface area (Å²) in [4.78, 5) is 26.1. The molecule has 0 aromatic carbocycles. The van der Waals surface area contributed by atoms with Crippen LogP contribution >= 0.6 is 0 Å². The largest absolute Gasteiger partial charge is 0.493 e. The van der Waals surface area contributed by atoms with Crippen molar-refractivity contribution in [2.75, 3.05) is 6.61 Å². The molecule has 0 unspecified atom stereocenters. The Balaban J connectivity index is 1.58.